The number of nitrogens with zero attached hydrogens (tertiary/aromatic N) is 4. The molecule has 4 aromatic rings. The van der Waals surface area contributed by atoms with E-state index in [0.29, 0.717) is 5.69 Å². The van der Waals surface area contributed by atoms with Gasteiger partial charge in [-0.2, -0.15) is 5.10 Å². The van der Waals surface area contributed by atoms with Crippen LogP contribution in [-0.4, -0.2) is 15.7 Å². The minimum Gasteiger partial charge on any atom is -0.337 e. The maximum atomic E-state index is 11.5. The van der Waals surface area contributed by atoms with Gasteiger partial charge in [-0.1, -0.05) is 42.0 Å². The van der Waals surface area contributed by atoms with Crippen LogP contribution in [0.25, 0.3) is 5.69 Å². The number of nitro benzene ring substituents is 1. The average molecular weight is 516 g/mol. The summed E-state index contributed by atoms with van der Waals surface area (Å²) in [4.78, 5) is 11.1. The zero-order chi connectivity index (χ0) is 25.6. The lowest BCUT2D eigenvalue weighted by Crippen LogP contribution is -2.32. The summed E-state index contributed by atoms with van der Waals surface area (Å²) < 4.78 is 4.10. The fraction of sp³-hybridized carbons (Fsp3) is 0.148. The van der Waals surface area contributed by atoms with Crippen LogP contribution in [0.1, 0.15) is 28.1 Å². The second-order valence-corrected chi connectivity index (χ2v) is 12.7. The smallest absolute Gasteiger partial charge is 0.271 e. The summed E-state index contributed by atoms with van der Waals surface area (Å²) in [6.45, 7) is 8.15. The Labute approximate surface area is 215 Å². The van der Waals surface area contributed by atoms with Crippen molar-refractivity contribution >= 4 is 46.7 Å². The van der Waals surface area contributed by atoms with Gasteiger partial charge >= 0.3 is 0 Å². The van der Waals surface area contributed by atoms with Crippen LogP contribution in [0.5, 0.6) is 0 Å². The maximum Gasteiger partial charge on any atom is 0.271 e. The van der Waals surface area contributed by atoms with Crippen molar-refractivity contribution in [1.29, 1.82) is 0 Å². The minimum absolute atomic E-state index is 0.0156. The molecule has 1 N–H and O–H groups in total. The molecule has 0 fully saturated rings. The zero-order valence-electron chi connectivity index (χ0n) is 20.5. The number of rotatable bonds is 5. The van der Waals surface area contributed by atoms with Crippen molar-refractivity contribution < 1.29 is 4.92 Å². The normalized spacial score (nSPS) is 16.6. The van der Waals surface area contributed by atoms with Gasteiger partial charge in [-0.15, -0.1) is 0 Å². The highest BCUT2D eigenvalue weighted by Crippen LogP contribution is 2.55. The first-order valence-corrected chi connectivity index (χ1v) is 14.3. The van der Waals surface area contributed by atoms with Crippen molar-refractivity contribution in [2.24, 2.45) is 5.10 Å². The zero-order valence-corrected chi connectivity index (χ0v) is 22.2. The van der Waals surface area contributed by atoms with Crippen LogP contribution in [0.15, 0.2) is 77.9 Å². The third-order valence-corrected chi connectivity index (χ3v) is 10.4. The Kier molecular flexibility index (Phi) is 6.02. The van der Waals surface area contributed by atoms with E-state index in [1.165, 1.54) is 11.6 Å². The van der Waals surface area contributed by atoms with Crippen molar-refractivity contribution in [3.05, 3.63) is 111 Å². The molecular weight excluding hydrogens is 489 g/mol. The number of para-hydroxylation sites is 1. The lowest BCUT2D eigenvalue weighted by atomic mass is 10.2. The van der Waals surface area contributed by atoms with E-state index in [2.05, 4.69) is 54.7 Å². The highest BCUT2D eigenvalue weighted by Gasteiger charge is 2.38. The van der Waals surface area contributed by atoms with E-state index in [4.69, 9.17) is 16.9 Å². The van der Waals surface area contributed by atoms with Gasteiger partial charge in [-0.05, 0) is 69.3 Å². The molecule has 0 spiro atoms. The summed E-state index contributed by atoms with van der Waals surface area (Å²) in [5, 5.41) is 21.0. The predicted octanol–water partition coefficient (Wildman–Crippen LogP) is 6.52. The number of nitro groups is 1. The number of hydrogen-bond donors (Lipinski definition) is 1. The number of hydrogen-bond acceptors (Lipinski definition) is 4. The highest BCUT2D eigenvalue weighted by molar-refractivity contribution is 8.19. The van der Waals surface area contributed by atoms with Gasteiger partial charge in [0.05, 0.1) is 22.1 Å². The second kappa shape index (κ2) is 9.04. The lowest BCUT2D eigenvalue weighted by Gasteiger charge is -2.37. The third-order valence-electron chi connectivity index (χ3n) is 6.51. The quantitative estimate of drug-likeness (QED) is 0.186. The Morgan fingerprint density at radius 3 is 2.28 bits per heavy atom. The third kappa shape index (κ3) is 3.92. The summed E-state index contributed by atoms with van der Waals surface area (Å²) in [5.74, 6) is 0. The van der Waals surface area contributed by atoms with Crippen molar-refractivity contribution in [2.45, 2.75) is 27.7 Å². The molecule has 5 rings (SSSR count). The van der Waals surface area contributed by atoms with E-state index in [-0.39, 0.29) is 10.6 Å². The Morgan fingerprint density at radius 2 is 1.61 bits per heavy atom. The van der Waals surface area contributed by atoms with E-state index in [0.717, 1.165) is 39.2 Å². The minimum atomic E-state index is -2.83. The highest BCUT2D eigenvalue weighted by atomic mass is 32.4. The molecule has 0 saturated carbocycles. The summed E-state index contributed by atoms with van der Waals surface area (Å²) >= 11 is 6.52. The fourth-order valence-corrected chi connectivity index (χ4v) is 8.74. The van der Waals surface area contributed by atoms with Gasteiger partial charge in [-0.25, -0.2) is 4.78 Å². The first-order chi connectivity index (χ1) is 17.2. The summed E-state index contributed by atoms with van der Waals surface area (Å²) in [7, 11) is 0. The van der Waals surface area contributed by atoms with Crippen LogP contribution in [0.3, 0.4) is 0 Å². The Balaban J connectivity index is 1.75. The number of non-ortho nitro benzene ring substituents is 1. The van der Waals surface area contributed by atoms with Crippen LogP contribution >= 0.6 is 6.34 Å². The molecule has 0 saturated heterocycles. The monoisotopic (exact) mass is 515 g/mol. The van der Waals surface area contributed by atoms with Crippen molar-refractivity contribution in [1.82, 2.24) is 4.57 Å². The van der Waals surface area contributed by atoms with Gasteiger partial charge in [0.1, 0.15) is 0 Å². The van der Waals surface area contributed by atoms with Crippen molar-refractivity contribution in [3.8, 4) is 5.69 Å². The molecule has 2 heterocycles. The first-order valence-electron chi connectivity index (χ1n) is 11.5. The number of fused-ring (bicyclic) bond motifs is 1. The number of nitrogens with one attached hydrogen (secondary N) is 1. The maximum absolute atomic E-state index is 11.5. The fourth-order valence-electron chi connectivity index (χ4n) is 4.64. The topological polar surface area (TPSA) is 75.7 Å². The van der Waals surface area contributed by atoms with E-state index < -0.39 is 6.34 Å². The number of aryl methyl sites for hydroxylation is 2. The van der Waals surface area contributed by atoms with Crippen molar-refractivity contribution in [2.75, 3.05) is 9.87 Å². The summed E-state index contributed by atoms with van der Waals surface area (Å²) in [6.07, 6.45) is -0.956. The molecule has 36 heavy (non-hydrogen) atoms. The van der Waals surface area contributed by atoms with E-state index >= 15 is 0 Å². The predicted molar refractivity (Wildman–Crippen MR) is 152 cm³/mol. The average Bonchev–Trinajstić information content (AvgIpc) is 3.12. The molecule has 3 aromatic carbocycles. The first kappa shape index (κ1) is 24.0. The summed E-state index contributed by atoms with van der Waals surface area (Å²) in [6, 6.07) is 23.0. The number of aromatic nitrogens is 1. The SMILES string of the molecule is Cc1ccc(-n2c(C)c3c(c2C)P(=S)(Nc2cc([N+](=O)[O-])ccc2C)N(c2ccccc2)N=C3)cc1. The largest absolute Gasteiger partial charge is 0.337 e. The lowest BCUT2D eigenvalue weighted by molar-refractivity contribution is -0.384. The molecule has 1 aliphatic heterocycles. The summed E-state index contributed by atoms with van der Waals surface area (Å²) in [5.41, 5.74) is 7.69. The molecule has 9 heteroatoms. The Morgan fingerprint density at radius 1 is 0.917 bits per heavy atom. The molecule has 0 aliphatic carbocycles. The van der Waals surface area contributed by atoms with Crippen LogP contribution in [-0.2, 0) is 11.8 Å². The van der Waals surface area contributed by atoms with Gasteiger partial charge in [0.25, 0.3) is 5.69 Å². The number of anilines is 2. The molecule has 7 nitrogen and oxygen atoms in total. The molecule has 1 aromatic heterocycles. The number of benzene rings is 3. The van der Waals surface area contributed by atoms with Crippen LogP contribution in [0, 0.1) is 37.8 Å². The molecule has 1 aliphatic rings. The molecule has 0 bridgehead atoms. The van der Waals surface area contributed by atoms with E-state index in [1.54, 1.807) is 12.1 Å². The van der Waals surface area contributed by atoms with E-state index in [1.807, 2.05) is 48.2 Å². The van der Waals surface area contributed by atoms with Crippen LogP contribution in [0.2, 0.25) is 0 Å². The molecule has 1 atom stereocenters. The van der Waals surface area contributed by atoms with Crippen molar-refractivity contribution in [3.63, 3.8) is 0 Å². The van der Waals surface area contributed by atoms with Gasteiger partial charge in [0, 0.05) is 40.5 Å². The Bertz CT molecular complexity index is 1560. The molecule has 1 unspecified atom stereocenters. The molecule has 0 radical (unpaired) electrons. The number of hydrazone groups is 1. The van der Waals surface area contributed by atoms with E-state index in [9.17, 15) is 10.1 Å². The van der Waals surface area contributed by atoms with Crippen LogP contribution in [0.4, 0.5) is 17.1 Å². The van der Waals surface area contributed by atoms with Crippen LogP contribution < -0.4 is 15.2 Å². The second-order valence-electron chi connectivity index (χ2n) is 8.92. The standard InChI is InChI=1S/C27H26N5O2PS/c1-18-10-13-22(14-11-18)30-20(3)25-17-28-31(23-8-6-5-7-9-23)35(36,27(25)21(30)4)29-26-16-24(32(33)34)15-12-19(26)2/h5-17H,1-4H3,(H,29,36). The van der Waals surface area contributed by atoms with Gasteiger partial charge in [0.15, 0.2) is 6.34 Å². The van der Waals surface area contributed by atoms with Gasteiger partial charge in [-0.3, -0.25) is 10.1 Å². The van der Waals surface area contributed by atoms with Gasteiger partial charge < -0.3 is 9.65 Å². The molecule has 182 valence electrons. The Hall–Kier alpha value is -3.74. The molecular formula is C27H26N5O2PS. The molecule has 0 amide bonds. The van der Waals surface area contributed by atoms with Gasteiger partial charge in [0.2, 0.25) is 0 Å².